The molecule has 2 aromatic carbocycles. The Balaban J connectivity index is 2.18. The highest BCUT2D eigenvalue weighted by Gasteiger charge is 2.07. The first kappa shape index (κ1) is 17.1. The second-order valence-corrected chi connectivity index (χ2v) is 6.29. The number of hydrogen-bond donors (Lipinski definition) is 1. The third-order valence-electron chi connectivity index (χ3n) is 3.81. The molecule has 0 amide bonds. The number of H-pyrrole nitrogens is 1. The molecular formula is C19H17BrN2O3. The van der Waals surface area contributed by atoms with Gasteiger partial charge in [0.1, 0.15) is 11.5 Å². The summed E-state index contributed by atoms with van der Waals surface area (Å²) in [6.45, 7) is 3.95. The summed E-state index contributed by atoms with van der Waals surface area (Å²) in [5, 5.41) is 4.02. The number of halogens is 1. The molecule has 5 nitrogen and oxygen atoms in total. The summed E-state index contributed by atoms with van der Waals surface area (Å²) in [6.07, 6.45) is 1.76. The molecule has 0 saturated heterocycles. The molecule has 3 rings (SSSR count). The van der Waals surface area contributed by atoms with E-state index >= 15 is 0 Å². The van der Waals surface area contributed by atoms with Gasteiger partial charge in [-0.3, -0.25) is 9.89 Å². The number of hydrogen-bond acceptors (Lipinski definition) is 3. The van der Waals surface area contributed by atoms with Crippen molar-refractivity contribution in [2.75, 3.05) is 14.2 Å². The van der Waals surface area contributed by atoms with E-state index in [0.717, 1.165) is 15.7 Å². The molecule has 0 atom stereocenters. The summed E-state index contributed by atoms with van der Waals surface area (Å²) in [6, 6.07) is 12.9. The van der Waals surface area contributed by atoms with Crippen molar-refractivity contribution in [2.24, 2.45) is 0 Å². The smallest absolute Gasteiger partial charge is 0.279 e. The number of ether oxygens (including phenoxy) is 2. The van der Waals surface area contributed by atoms with Crippen LogP contribution >= 0.6 is 15.9 Å². The van der Waals surface area contributed by atoms with E-state index in [1.54, 1.807) is 26.4 Å². The molecule has 6 heteroatoms. The van der Waals surface area contributed by atoms with E-state index in [2.05, 4.69) is 27.6 Å². The Hall–Kier alpha value is -2.73. The van der Waals surface area contributed by atoms with E-state index in [1.165, 1.54) is 4.68 Å². The zero-order valence-corrected chi connectivity index (χ0v) is 15.5. The largest absolute Gasteiger partial charge is 0.497 e. The second kappa shape index (κ2) is 7.03. The van der Waals surface area contributed by atoms with Gasteiger partial charge < -0.3 is 9.47 Å². The van der Waals surface area contributed by atoms with Gasteiger partial charge in [0.05, 0.1) is 30.5 Å². The topological polar surface area (TPSA) is 56.2 Å². The molecule has 0 radical (unpaired) electrons. The third-order valence-corrected chi connectivity index (χ3v) is 4.31. The number of aromatic nitrogens is 2. The van der Waals surface area contributed by atoms with Gasteiger partial charge in [-0.25, -0.2) is 4.68 Å². The fraction of sp³-hybridized carbons (Fsp3) is 0.105. The van der Waals surface area contributed by atoms with Crippen LogP contribution < -0.4 is 25.6 Å². The van der Waals surface area contributed by atoms with E-state index in [1.807, 2.05) is 36.4 Å². The van der Waals surface area contributed by atoms with Crippen molar-refractivity contribution in [1.29, 1.82) is 0 Å². The maximum absolute atomic E-state index is 12.8. The SMILES string of the molecule is C=c1[nH]n(-c2cccc(Br)c2)c(=O)/c1=C\c1ccc(OC)cc1OC. The highest BCUT2D eigenvalue weighted by Crippen LogP contribution is 2.24. The van der Waals surface area contributed by atoms with Gasteiger partial charge in [0.2, 0.25) is 0 Å². The molecule has 0 spiro atoms. The Morgan fingerprint density at radius 2 is 1.96 bits per heavy atom. The van der Waals surface area contributed by atoms with Crippen molar-refractivity contribution in [3.8, 4) is 17.2 Å². The minimum absolute atomic E-state index is 0.180. The second-order valence-electron chi connectivity index (χ2n) is 5.38. The van der Waals surface area contributed by atoms with Crippen LogP contribution in [0.2, 0.25) is 0 Å². The van der Waals surface area contributed by atoms with Gasteiger partial charge in [-0.1, -0.05) is 28.6 Å². The number of nitrogens with one attached hydrogen (secondary N) is 1. The minimum atomic E-state index is -0.180. The molecule has 0 aliphatic heterocycles. The first-order valence-corrected chi connectivity index (χ1v) is 8.32. The van der Waals surface area contributed by atoms with Crippen LogP contribution in [-0.2, 0) is 0 Å². The van der Waals surface area contributed by atoms with Crippen LogP contribution in [0.1, 0.15) is 5.56 Å². The van der Waals surface area contributed by atoms with E-state index in [9.17, 15) is 4.79 Å². The van der Waals surface area contributed by atoms with Crippen LogP contribution in [0.25, 0.3) is 18.3 Å². The van der Waals surface area contributed by atoms with E-state index in [-0.39, 0.29) is 5.56 Å². The van der Waals surface area contributed by atoms with E-state index < -0.39 is 0 Å². The lowest BCUT2D eigenvalue weighted by Crippen LogP contribution is -2.34. The molecule has 0 aliphatic carbocycles. The molecule has 128 valence electrons. The van der Waals surface area contributed by atoms with Gasteiger partial charge in [0, 0.05) is 16.1 Å². The Labute approximate surface area is 152 Å². The summed E-state index contributed by atoms with van der Waals surface area (Å²) in [5.74, 6) is 1.30. The maximum atomic E-state index is 12.8. The predicted molar refractivity (Wildman–Crippen MR) is 102 cm³/mol. The average Bonchev–Trinajstić information content (AvgIpc) is 2.90. The molecule has 0 fully saturated rings. The number of aromatic amines is 1. The third kappa shape index (κ3) is 3.39. The Kier molecular flexibility index (Phi) is 4.81. The lowest BCUT2D eigenvalue weighted by Gasteiger charge is -2.06. The number of rotatable bonds is 4. The normalized spacial score (nSPS) is 11.6. The lowest BCUT2D eigenvalue weighted by atomic mass is 10.1. The first-order chi connectivity index (χ1) is 12.0. The molecule has 1 N–H and O–H groups in total. The monoisotopic (exact) mass is 400 g/mol. The molecule has 0 unspecified atom stereocenters. The van der Waals surface area contributed by atoms with Gasteiger partial charge in [0.25, 0.3) is 5.56 Å². The number of benzene rings is 2. The fourth-order valence-electron chi connectivity index (χ4n) is 2.53. The Morgan fingerprint density at radius 3 is 2.64 bits per heavy atom. The van der Waals surface area contributed by atoms with Crippen LogP contribution in [0.4, 0.5) is 0 Å². The maximum Gasteiger partial charge on any atom is 0.279 e. The van der Waals surface area contributed by atoms with Crippen LogP contribution in [0.15, 0.2) is 51.7 Å². The summed E-state index contributed by atoms with van der Waals surface area (Å²) in [5.41, 5.74) is 1.32. The molecule has 0 saturated carbocycles. The Morgan fingerprint density at radius 1 is 1.16 bits per heavy atom. The van der Waals surface area contributed by atoms with Crippen LogP contribution in [0, 0.1) is 0 Å². The molecule has 3 aromatic rings. The molecule has 25 heavy (non-hydrogen) atoms. The van der Waals surface area contributed by atoms with Crippen molar-refractivity contribution in [1.82, 2.24) is 9.78 Å². The summed E-state index contributed by atoms with van der Waals surface area (Å²) in [7, 11) is 3.17. The molecule has 0 bridgehead atoms. The van der Waals surface area contributed by atoms with Crippen molar-refractivity contribution in [3.63, 3.8) is 0 Å². The van der Waals surface area contributed by atoms with Crippen molar-refractivity contribution in [3.05, 3.63) is 73.4 Å². The van der Waals surface area contributed by atoms with Crippen LogP contribution in [0.5, 0.6) is 11.5 Å². The molecule has 1 heterocycles. The van der Waals surface area contributed by atoms with E-state index in [4.69, 9.17) is 9.47 Å². The molecular weight excluding hydrogens is 384 g/mol. The fourth-order valence-corrected chi connectivity index (χ4v) is 2.92. The van der Waals surface area contributed by atoms with Gasteiger partial charge in [0.15, 0.2) is 0 Å². The summed E-state index contributed by atoms with van der Waals surface area (Å²) < 4.78 is 12.9. The van der Waals surface area contributed by atoms with Crippen LogP contribution in [-0.4, -0.2) is 24.0 Å². The standard InChI is InChI=1S/C19H17BrN2O3/c1-12-17(9-13-7-8-16(24-2)11-18(13)25-3)19(23)22(21-12)15-6-4-5-14(20)10-15/h4-11,21H,1H2,2-3H3/b17-9-. The summed E-state index contributed by atoms with van der Waals surface area (Å²) in [4.78, 5) is 12.8. The number of methoxy groups -OCH3 is 2. The van der Waals surface area contributed by atoms with Gasteiger partial charge >= 0.3 is 0 Å². The van der Waals surface area contributed by atoms with Crippen molar-refractivity contribution in [2.45, 2.75) is 0 Å². The molecule has 0 aliphatic rings. The van der Waals surface area contributed by atoms with E-state index in [0.29, 0.717) is 22.1 Å². The lowest BCUT2D eigenvalue weighted by molar-refractivity contribution is 0.393. The Bertz CT molecular complexity index is 1080. The molecule has 1 aromatic heterocycles. The highest BCUT2D eigenvalue weighted by atomic mass is 79.9. The van der Waals surface area contributed by atoms with Gasteiger partial charge in [-0.15, -0.1) is 0 Å². The van der Waals surface area contributed by atoms with Crippen molar-refractivity contribution >= 4 is 28.6 Å². The highest BCUT2D eigenvalue weighted by molar-refractivity contribution is 9.10. The predicted octanol–water partition coefficient (Wildman–Crippen LogP) is 2.18. The average molecular weight is 401 g/mol. The minimum Gasteiger partial charge on any atom is -0.497 e. The van der Waals surface area contributed by atoms with Crippen LogP contribution in [0.3, 0.4) is 0 Å². The van der Waals surface area contributed by atoms with Gasteiger partial charge in [-0.2, -0.15) is 0 Å². The van der Waals surface area contributed by atoms with Crippen molar-refractivity contribution < 1.29 is 9.47 Å². The summed E-state index contributed by atoms with van der Waals surface area (Å²) >= 11 is 3.41. The number of nitrogens with zero attached hydrogens (tertiary/aromatic N) is 1. The van der Waals surface area contributed by atoms with Gasteiger partial charge in [-0.05, 0) is 36.4 Å². The quantitative estimate of drug-likeness (QED) is 0.730. The zero-order valence-electron chi connectivity index (χ0n) is 13.9. The first-order valence-electron chi connectivity index (χ1n) is 7.53. The zero-order chi connectivity index (χ0) is 18.0.